The van der Waals surface area contributed by atoms with Crippen LogP contribution in [-0.4, -0.2) is 23.9 Å². The fourth-order valence-corrected chi connectivity index (χ4v) is 1.37. The zero-order chi connectivity index (χ0) is 12.8. The molecule has 1 unspecified atom stereocenters. The third kappa shape index (κ3) is 5.21. The lowest BCUT2D eigenvalue weighted by Gasteiger charge is -2.29. The molecule has 0 aromatic carbocycles. The molecular weight excluding hydrogens is 198 g/mol. The van der Waals surface area contributed by atoms with Crippen molar-refractivity contribution in [3.63, 3.8) is 0 Å². The average Bonchev–Trinajstić information content (AvgIpc) is 2.15. The zero-order valence-corrected chi connectivity index (χ0v) is 11.3. The second kappa shape index (κ2) is 6.58. The molecule has 0 radical (unpaired) electrons. The summed E-state index contributed by atoms with van der Waals surface area (Å²) < 4.78 is 0. The van der Waals surface area contributed by atoms with Gasteiger partial charge in [-0.2, -0.15) is 0 Å². The van der Waals surface area contributed by atoms with Crippen molar-refractivity contribution in [1.29, 1.82) is 0 Å². The Labute approximate surface area is 100 Å². The predicted molar refractivity (Wildman–Crippen MR) is 68.9 cm³/mol. The molecule has 1 amide bonds. The molecule has 2 nitrogen and oxygen atoms in total. The summed E-state index contributed by atoms with van der Waals surface area (Å²) in [5.74, 6) is 3.11. The molecule has 16 heavy (non-hydrogen) atoms. The van der Waals surface area contributed by atoms with Crippen LogP contribution in [-0.2, 0) is 4.79 Å². The van der Waals surface area contributed by atoms with Crippen LogP contribution in [0.2, 0.25) is 0 Å². The first-order valence-electron chi connectivity index (χ1n) is 6.04. The Morgan fingerprint density at radius 2 is 2.00 bits per heavy atom. The standard InChI is InChI=1S/C14H25NO/c1-7-9-15(10-8-2)13(16)11-12(3)14(4,5)6/h1,12H,8-11H2,2-6H3. The largest absolute Gasteiger partial charge is 0.332 e. The van der Waals surface area contributed by atoms with Crippen molar-refractivity contribution in [2.75, 3.05) is 13.1 Å². The summed E-state index contributed by atoms with van der Waals surface area (Å²) in [4.78, 5) is 13.8. The van der Waals surface area contributed by atoms with E-state index in [9.17, 15) is 4.79 Å². The average molecular weight is 223 g/mol. The SMILES string of the molecule is C#CCN(CCC)C(=O)CC(C)C(C)(C)C. The number of carbonyl (C=O) groups is 1. The lowest BCUT2D eigenvalue weighted by Crippen LogP contribution is -2.35. The van der Waals surface area contributed by atoms with Gasteiger partial charge in [-0.1, -0.05) is 40.5 Å². The fourth-order valence-electron chi connectivity index (χ4n) is 1.37. The fraction of sp³-hybridized carbons (Fsp3) is 0.786. The molecule has 0 saturated carbocycles. The van der Waals surface area contributed by atoms with E-state index >= 15 is 0 Å². The molecule has 0 heterocycles. The van der Waals surface area contributed by atoms with E-state index in [1.807, 2.05) is 0 Å². The van der Waals surface area contributed by atoms with E-state index in [0.29, 0.717) is 18.9 Å². The highest BCUT2D eigenvalue weighted by Crippen LogP contribution is 2.28. The molecule has 0 aromatic rings. The van der Waals surface area contributed by atoms with E-state index in [-0.39, 0.29) is 11.3 Å². The zero-order valence-electron chi connectivity index (χ0n) is 11.3. The number of hydrogen-bond acceptors (Lipinski definition) is 1. The predicted octanol–water partition coefficient (Wildman–Crippen LogP) is 2.93. The summed E-state index contributed by atoms with van der Waals surface area (Å²) in [6.45, 7) is 11.9. The van der Waals surface area contributed by atoms with E-state index in [2.05, 4.69) is 40.5 Å². The van der Waals surface area contributed by atoms with E-state index in [4.69, 9.17) is 6.42 Å². The number of carbonyl (C=O) groups excluding carboxylic acids is 1. The van der Waals surface area contributed by atoms with Crippen molar-refractivity contribution in [2.24, 2.45) is 11.3 Å². The molecule has 92 valence electrons. The van der Waals surface area contributed by atoms with Gasteiger partial charge >= 0.3 is 0 Å². The maximum absolute atomic E-state index is 12.0. The summed E-state index contributed by atoms with van der Waals surface area (Å²) in [7, 11) is 0. The summed E-state index contributed by atoms with van der Waals surface area (Å²) in [5.41, 5.74) is 0.170. The smallest absolute Gasteiger partial charge is 0.223 e. The Balaban J connectivity index is 4.36. The second-order valence-corrected chi connectivity index (χ2v) is 5.49. The minimum absolute atomic E-state index is 0.170. The molecule has 0 aromatic heterocycles. The van der Waals surface area contributed by atoms with E-state index in [1.54, 1.807) is 4.90 Å². The highest BCUT2D eigenvalue weighted by molar-refractivity contribution is 5.76. The van der Waals surface area contributed by atoms with Crippen molar-refractivity contribution >= 4 is 5.91 Å². The van der Waals surface area contributed by atoms with Gasteiger partial charge in [0.15, 0.2) is 0 Å². The van der Waals surface area contributed by atoms with Crippen LogP contribution in [0.3, 0.4) is 0 Å². The van der Waals surface area contributed by atoms with Gasteiger partial charge in [-0.3, -0.25) is 4.79 Å². The van der Waals surface area contributed by atoms with Gasteiger partial charge in [0.2, 0.25) is 5.91 Å². The molecule has 0 fully saturated rings. The van der Waals surface area contributed by atoms with Crippen molar-refractivity contribution in [1.82, 2.24) is 4.90 Å². The summed E-state index contributed by atoms with van der Waals surface area (Å²) in [6.07, 6.45) is 6.81. The van der Waals surface area contributed by atoms with Gasteiger partial charge in [0, 0.05) is 13.0 Å². The quantitative estimate of drug-likeness (QED) is 0.656. The summed E-state index contributed by atoms with van der Waals surface area (Å²) >= 11 is 0. The lowest BCUT2D eigenvalue weighted by atomic mass is 9.80. The van der Waals surface area contributed by atoms with Gasteiger partial charge in [-0.15, -0.1) is 6.42 Å². The molecule has 0 N–H and O–H groups in total. The highest BCUT2D eigenvalue weighted by atomic mass is 16.2. The minimum Gasteiger partial charge on any atom is -0.332 e. The van der Waals surface area contributed by atoms with Crippen LogP contribution in [0.15, 0.2) is 0 Å². The van der Waals surface area contributed by atoms with Gasteiger partial charge in [0.25, 0.3) is 0 Å². The van der Waals surface area contributed by atoms with E-state index in [0.717, 1.165) is 13.0 Å². The van der Waals surface area contributed by atoms with Gasteiger partial charge in [0.05, 0.1) is 6.54 Å². The molecule has 0 rings (SSSR count). The Kier molecular flexibility index (Phi) is 6.18. The molecule has 0 saturated heterocycles. The number of rotatable bonds is 5. The van der Waals surface area contributed by atoms with Crippen LogP contribution < -0.4 is 0 Å². The lowest BCUT2D eigenvalue weighted by molar-refractivity contribution is -0.132. The van der Waals surface area contributed by atoms with Crippen molar-refractivity contribution in [2.45, 2.75) is 47.5 Å². The van der Waals surface area contributed by atoms with Crippen LogP contribution in [0, 0.1) is 23.7 Å². The Morgan fingerprint density at radius 3 is 2.38 bits per heavy atom. The highest BCUT2D eigenvalue weighted by Gasteiger charge is 2.24. The normalized spacial score (nSPS) is 13.0. The van der Waals surface area contributed by atoms with Crippen LogP contribution >= 0.6 is 0 Å². The third-order valence-corrected chi connectivity index (χ3v) is 3.09. The van der Waals surface area contributed by atoms with Crippen molar-refractivity contribution in [3.05, 3.63) is 0 Å². The molecule has 0 aliphatic carbocycles. The first-order chi connectivity index (χ1) is 7.32. The molecule has 2 heteroatoms. The van der Waals surface area contributed by atoms with Crippen LogP contribution in [0.5, 0.6) is 0 Å². The monoisotopic (exact) mass is 223 g/mol. The number of hydrogen-bond donors (Lipinski definition) is 0. The number of terminal acetylenes is 1. The molecule has 0 spiro atoms. The first kappa shape index (κ1) is 15.0. The van der Waals surface area contributed by atoms with Gasteiger partial charge < -0.3 is 4.90 Å². The number of amides is 1. The van der Waals surface area contributed by atoms with E-state index in [1.165, 1.54) is 0 Å². The van der Waals surface area contributed by atoms with Crippen molar-refractivity contribution in [3.8, 4) is 12.3 Å². The molecule has 0 bridgehead atoms. The topological polar surface area (TPSA) is 20.3 Å². The first-order valence-corrected chi connectivity index (χ1v) is 6.04. The van der Waals surface area contributed by atoms with Crippen LogP contribution in [0.1, 0.15) is 47.5 Å². The molecule has 1 atom stereocenters. The molecule has 0 aliphatic rings. The summed E-state index contributed by atoms with van der Waals surface area (Å²) in [6, 6.07) is 0. The minimum atomic E-state index is 0.170. The van der Waals surface area contributed by atoms with Gasteiger partial charge in [0.1, 0.15) is 0 Å². The second-order valence-electron chi connectivity index (χ2n) is 5.49. The third-order valence-electron chi connectivity index (χ3n) is 3.09. The van der Waals surface area contributed by atoms with Crippen molar-refractivity contribution < 1.29 is 4.79 Å². The van der Waals surface area contributed by atoms with E-state index < -0.39 is 0 Å². The molecular formula is C14H25NO. The Hall–Kier alpha value is -0.970. The van der Waals surface area contributed by atoms with Crippen LogP contribution in [0.4, 0.5) is 0 Å². The van der Waals surface area contributed by atoms with Gasteiger partial charge in [-0.05, 0) is 17.8 Å². The van der Waals surface area contributed by atoms with Gasteiger partial charge in [-0.25, -0.2) is 0 Å². The Morgan fingerprint density at radius 1 is 1.44 bits per heavy atom. The maximum atomic E-state index is 12.0. The number of nitrogens with zero attached hydrogens (tertiary/aromatic N) is 1. The molecule has 0 aliphatic heterocycles. The summed E-state index contributed by atoms with van der Waals surface area (Å²) in [5, 5.41) is 0. The van der Waals surface area contributed by atoms with Crippen LogP contribution in [0.25, 0.3) is 0 Å². The maximum Gasteiger partial charge on any atom is 0.223 e. The Bertz CT molecular complexity index is 257.